The molecule has 20 heavy (non-hydrogen) atoms. The summed E-state index contributed by atoms with van der Waals surface area (Å²) < 4.78 is 28.2. The summed E-state index contributed by atoms with van der Waals surface area (Å²) in [7, 11) is -1.64. The van der Waals surface area contributed by atoms with Crippen molar-refractivity contribution in [2.24, 2.45) is 5.92 Å². The summed E-state index contributed by atoms with van der Waals surface area (Å²) in [6.45, 7) is 10.4. The fourth-order valence-electron chi connectivity index (χ4n) is 2.67. The maximum Gasteiger partial charge on any atom is 0.281 e. The summed E-state index contributed by atoms with van der Waals surface area (Å²) in [5.74, 6) is 0.408. The number of piperidine rings is 1. The molecule has 5 nitrogen and oxygen atoms in total. The molecule has 1 heterocycles. The van der Waals surface area contributed by atoms with Gasteiger partial charge < -0.3 is 5.32 Å². The zero-order valence-electron chi connectivity index (χ0n) is 13.6. The molecule has 0 amide bonds. The molecule has 1 aliphatic heterocycles. The molecule has 0 aromatic rings. The van der Waals surface area contributed by atoms with Crippen LogP contribution in [0.2, 0.25) is 0 Å². The quantitative estimate of drug-likeness (QED) is 0.778. The molecule has 0 saturated carbocycles. The topological polar surface area (TPSA) is 52.7 Å². The Balaban J connectivity index is 2.73. The van der Waals surface area contributed by atoms with Gasteiger partial charge in [0.15, 0.2) is 0 Å². The van der Waals surface area contributed by atoms with E-state index in [0.717, 1.165) is 25.8 Å². The minimum absolute atomic E-state index is 0.00369. The minimum atomic E-state index is -3.31. The van der Waals surface area contributed by atoms with Crippen molar-refractivity contribution in [1.82, 2.24) is 13.9 Å². The van der Waals surface area contributed by atoms with E-state index < -0.39 is 10.2 Å². The second kappa shape index (κ2) is 7.73. The molecule has 120 valence electrons. The van der Waals surface area contributed by atoms with E-state index in [9.17, 15) is 8.42 Å². The van der Waals surface area contributed by atoms with E-state index in [4.69, 9.17) is 0 Å². The van der Waals surface area contributed by atoms with E-state index in [0.29, 0.717) is 25.0 Å². The van der Waals surface area contributed by atoms with Crippen LogP contribution < -0.4 is 5.32 Å². The Labute approximate surface area is 124 Å². The highest BCUT2D eigenvalue weighted by molar-refractivity contribution is 7.86. The van der Waals surface area contributed by atoms with Crippen molar-refractivity contribution in [2.45, 2.75) is 59.0 Å². The van der Waals surface area contributed by atoms with Crippen molar-refractivity contribution in [3.05, 3.63) is 0 Å². The summed E-state index contributed by atoms with van der Waals surface area (Å²) in [5.41, 5.74) is 0. The average molecular weight is 305 g/mol. The van der Waals surface area contributed by atoms with E-state index >= 15 is 0 Å². The van der Waals surface area contributed by atoms with Gasteiger partial charge in [-0.15, -0.1) is 0 Å². The van der Waals surface area contributed by atoms with Crippen molar-refractivity contribution < 1.29 is 8.42 Å². The average Bonchev–Trinajstić information content (AvgIpc) is 2.43. The van der Waals surface area contributed by atoms with Crippen LogP contribution in [0.25, 0.3) is 0 Å². The largest absolute Gasteiger partial charge is 0.314 e. The third-order valence-electron chi connectivity index (χ3n) is 4.30. The first-order chi connectivity index (χ1) is 9.34. The lowest BCUT2D eigenvalue weighted by atomic mass is 9.91. The lowest BCUT2D eigenvalue weighted by molar-refractivity contribution is 0.192. The molecular weight excluding hydrogens is 274 g/mol. The molecule has 0 aliphatic carbocycles. The lowest BCUT2D eigenvalue weighted by Crippen LogP contribution is -2.54. The molecule has 2 atom stereocenters. The zero-order valence-corrected chi connectivity index (χ0v) is 14.4. The molecule has 0 spiro atoms. The SMILES string of the molecule is CCCNC1CCN(S(=O)(=O)N(C)C(C)C)CC1CC. The molecule has 6 heteroatoms. The fourth-order valence-corrected chi connectivity index (χ4v) is 4.28. The highest BCUT2D eigenvalue weighted by Gasteiger charge is 2.36. The Hall–Kier alpha value is -0.170. The maximum absolute atomic E-state index is 12.5. The van der Waals surface area contributed by atoms with Crippen LogP contribution in [0.5, 0.6) is 0 Å². The molecular formula is C14H31N3O2S. The van der Waals surface area contributed by atoms with Gasteiger partial charge in [-0.1, -0.05) is 20.3 Å². The van der Waals surface area contributed by atoms with Crippen LogP contribution >= 0.6 is 0 Å². The third kappa shape index (κ3) is 4.16. The predicted octanol–water partition coefficient (Wildman–Crippen LogP) is 1.67. The van der Waals surface area contributed by atoms with Crippen molar-refractivity contribution >= 4 is 10.2 Å². The number of hydrogen-bond donors (Lipinski definition) is 1. The molecule has 1 aliphatic rings. The number of nitrogens with one attached hydrogen (secondary N) is 1. The van der Waals surface area contributed by atoms with Crippen LogP contribution in [0.4, 0.5) is 0 Å². The normalized spacial score (nSPS) is 25.6. The Bertz CT molecular complexity index is 384. The zero-order chi connectivity index (χ0) is 15.3. The van der Waals surface area contributed by atoms with Gasteiger partial charge in [-0.05, 0) is 39.2 Å². The van der Waals surface area contributed by atoms with E-state index in [1.54, 1.807) is 11.4 Å². The highest BCUT2D eigenvalue weighted by Crippen LogP contribution is 2.24. The second-order valence-electron chi connectivity index (χ2n) is 5.99. The smallest absolute Gasteiger partial charge is 0.281 e. The first-order valence-electron chi connectivity index (χ1n) is 7.81. The van der Waals surface area contributed by atoms with Crippen molar-refractivity contribution in [3.63, 3.8) is 0 Å². The number of rotatable bonds is 7. The predicted molar refractivity (Wildman–Crippen MR) is 83.9 cm³/mol. The molecule has 0 aromatic carbocycles. The second-order valence-corrected chi connectivity index (χ2v) is 7.98. The number of hydrogen-bond acceptors (Lipinski definition) is 3. The molecule has 0 bridgehead atoms. The fraction of sp³-hybridized carbons (Fsp3) is 1.00. The number of nitrogens with zero attached hydrogens (tertiary/aromatic N) is 2. The van der Waals surface area contributed by atoms with Gasteiger partial charge in [0.25, 0.3) is 10.2 Å². The summed E-state index contributed by atoms with van der Waals surface area (Å²) in [4.78, 5) is 0. The Morgan fingerprint density at radius 2 is 2.00 bits per heavy atom. The summed E-state index contributed by atoms with van der Waals surface area (Å²) in [6.07, 6.45) is 3.04. The van der Waals surface area contributed by atoms with Gasteiger partial charge in [-0.25, -0.2) is 0 Å². The van der Waals surface area contributed by atoms with Crippen LogP contribution in [0.3, 0.4) is 0 Å². The molecule has 1 fully saturated rings. The molecule has 0 radical (unpaired) electrons. The first-order valence-corrected chi connectivity index (χ1v) is 9.20. The van der Waals surface area contributed by atoms with Gasteiger partial charge in [-0.2, -0.15) is 17.0 Å². The van der Waals surface area contributed by atoms with Gasteiger partial charge in [0.1, 0.15) is 0 Å². The Kier molecular flexibility index (Phi) is 6.91. The molecule has 2 unspecified atom stereocenters. The van der Waals surface area contributed by atoms with Gasteiger partial charge in [0.05, 0.1) is 0 Å². The van der Waals surface area contributed by atoms with Crippen LogP contribution in [-0.4, -0.2) is 55.8 Å². The van der Waals surface area contributed by atoms with Crippen LogP contribution in [0, 0.1) is 5.92 Å². The Morgan fingerprint density at radius 1 is 1.35 bits per heavy atom. The first kappa shape index (κ1) is 17.9. The van der Waals surface area contributed by atoms with Crippen LogP contribution in [0.1, 0.15) is 47.0 Å². The lowest BCUT2D eigenvalue weighted by Gasteiger charge is -2.40. The molecule has 1 rings (SSSR count). The summed E-state index contributed by atoms with van der Waals surface area (Å²) in [6, 6.07) is 0.451. The summed E-state index contributed by atoms with van der Waals surface area (Å²) in [5, 5.41) is 3.56. The van der Waals surface area contributed by atoms with Gasteiger partial charge >= 0.3 is 0 Å². The van der Waals surface area contributed by atoms with E-state index in [2.05, 4.69) is 19.2 Å². The van der Waals surface area contributed by atoms with Crippen molar-refractivity contribution in [3.8, 4) is 0 Å². The third-order valence-corrected chi connectivity index (χ3v) is 6.43. The molecule has 1 N–H and O–H groups in total. The highest BCUT2D eigenvalue weighted by atomic mass is 32.2. The van der Waals surface area contributed by atoms with E-state index in [1.165, 1.54) is 4.31 Å². The van der Waals surface area contributed by atoms with Crippen LogP contribution in [-0.2, 0) is 10.2 Å². The minimum Gasteiger partial charge on any atom is -0.314 e. The van der Waals surface area contributed by atoms with E-state index in [-0.39, 0.29) is 6.04 Å². The van der Waals surface area contributed by atoms with Crippen LogP contribution in [0.15, 0.2) is 0 Å². The van der Waals surface area contributed by atoms with Gasteiger partial charge in [0.2, 0.25) is 0 Å². The van der Waals surface area contributed by atoms with Gasteiger partial charge in [-0.3, -0.25) is 0 Å². The van der Waals surface area contributed by atoms with E-state index in [1.807, 2.05) is 13.8 Å². The van der Waals surface area contributed by atoms with Crippen molar-refractivity contribution in [1.29, 1.82) is 0 Å². The van der Waals surface area contributed by atoms with Gasteiger partial charge in [0, 0.05) is 32.2 Å². The Morgan fingerprint density at radius 3 is 2.50 bits per heavy atom. The van der Waals surface area contributed by atoms with Crippen molar-refractivity contribution in [2.75, 3.05) is 26.7 Å². The standard InChI is InChI=1S/C14H31N3O2S/c1-6-9-15-14-8-10-17(11-13(14)7-2)20(18,19)16(5)12(3)4/h12-15H,6-11H2,1-5H3. The monoisotopic (exact) mass is 305 g/mol. The molecule has 1 saturated heterocycles. The maximum atomic E-state index is 12.5. The molecule has 0 aromatic heterocycles. The summed E-state index contributed by atoms with van der Waals surface area (Å²) >= 11 is 0.